The Kier molecular flexibility index (Phi) is 1.04. The summed E-state index contributed by atoms with van der Waals surface area (Å²) in [5.74, 6) is -0.381. The number of hydrogen-bond donors (Lipinski definition) is 1. The number of aromatic nitrogens is 1. The molecule has 11 heavy (non-hydrogen) atoms. The number of nitrogens with one attached hydrogen (secondary N) is 1. The summed E-state index contributed by atoms with van der Waals surface area (Å²) in [6, 6.07) is 0. The zero-order valence-electron chi connectivity index (χ0n) is 5.83. The molecule has 1 aliphatic heterocycles. The van der Waals surface area contributed by atoms with E-state index in [0.717, 1.165) is 0 Å². The predicted octanol–water partition coefficient (Wildman–Crippen LogP) is 0.625. The van der Waals surface area contributed by atoms with Crippen LogP contribution in [0.2, 0.25) is 0 Å². The standard InChI is InChI=1S/C6H6N2O2S/c1-11(10)5-3-7-2-4(5)6(9)8-11/h2-3,7H,1H3. The van der Waals surface area contributed by atoms with Crippen molar-refractivity contribution in [1.29, 1.82) is 0 Å². The molecule has 58 valence electrons. The van der Waals surface area contributed by atoms with E-state index >= 15 is 0 Å². The molecule has 1 amide bonds. The van der Waals surface area contributed by atoms with Gasteiger partial charge in [0.1, 0.15) is 0 Å². The first-order valence-corrected chi connectivity index (χ1v) is 4.97. The zero-order chi connectivity index (χ0) is 8.06. The van der Waals surface area contributed by atoms with Crippen LogP contribution in [0.3, 0.4) is 0 Å². The average molecular weight is 170 g/mol. The van der Waals surface area contributed by atoms with Gasteiger partial charge in [-0.15, -0.1) is 0 Å². The van der Waals surface area contributed by atoms with Crippen LogP contribution in [-0.2, 0) is 9.73 Å². The Bertz CT molecular complexity index is 437. The van der Waals surface area contributed by atoms with Crippen molar-refractivity contribution in [2.75, 3.05) is 6.26 Å². The number of nitrogens with zero attached hydrogens (tertiary/aromatic N) is 1. The van der Waals surface area contributed by atoms with Crippen molar-refractivity contribution in [1.82, 2.24) is 4.98 Å². The van der Waals surface area contributed by atoms with Gasteiger partial charge in [-0.25, -0.2) is 4.21 Å². The summed E-state index contributed by atoms with van der Waals surface area (Å²) >= 11 is 0. The highest BCUT2D eigenvalue weighted by Crippen LogP contribution is 2.24. The first kappa shape index (κ1) is 6.60. The van der Waals surface area contributed by atoms with E-state index in [1.54, 1.807) is 6.20 Å². The largest absolute Gasteiger partial charge is 0.366 e. The lowest BCUT2D eigenvalue weighted by Gasteiger charge is -1.89. The normalized spacial score (nSPS) is 28.3. The topological polar surface area (TPSA) is 62.3 Å². The molecule has 0 aliphatic carbocycles. The van der Waals surface area contributed by atoms with Gasteiger partial charge in [-0.05, 0) is 0 Å². The van der Waals surface area contributed by atoms with Gasteiger partial charge in [-0.2, -0.15) is 4.36 Å². The minimum absolute atomic E-state index is 0.381. The molecule has 0 radical (unpaired) electrons. The smallest absolute Gasteiger partial charge is 0.288 e. The molecule has 2 rings (SSSR count). The van der Waals surface area contributed by atoms with Gasteiger partial charge in [0, 0.05) is 18.6 Å². The van der Waals surface area contributed by atoms with Crippen LogP contribution in [0.25, 0.3) is 0 Å². The Labute approximate surface area is 63.8 Å². The highest BCUT2D eigenvalue weighted by molar-refractivity contribution is 7.93. The van der Waals surface area contributed by atoms with Crippen LogP contribution in [0.5, 0.6) is 0 Å². The van der Waals surface area contributed by atoms with E-state index in [4.69, 9.17) is 0 Å². The Morgan fingerprint density at radius 2 is 2.27 bits per heavy atom. The number of carbonyl (C=O) groups is 1. The third kappa shape index (κ3) is 0.742. The number of aromatic amines is 1. The fourth-order valence-corrected chi connectivity index (χ4v) is 2.44. The third-order valence-electron chi connectivity index (χ3n) is 1.60. The molecule has 0 spiro atoms. The highest BCUT2D eigenvalue weighted by Gasteiger charge is 2.25. The van der Waals surface area contributed by atoms with Gasteiger partial charge in [-0.3, -0.25) is 4.79 Å². The number of carbonyl (C=O) groups excluding carboxylic acids is 1. The minimum atomic E-state index is -2.42. The zero-order valence-corrected chi connectivity index (χ0v) is 6.64. The highest BCUT2D eigenvalue weighted by atomic mass is 32.2. The molecule has 0 aromatic carbocycles. The van der Waals surface area contributed by atoms with Gasteiger partial charge >= 0.3 is 0 Å². The molecule has 1 aliphatic rings. The molecule has 0 bridgehead atoms. The summed E-state index contributed by atoms with van der Waals surface area (Å²) in [6.07, 6.45) is 4.55. The Morgan fingerprint density at radius 3 is 2.91 bits per heavy atom. The number of fused-ring (bicyclic) bond motifs is 1. The van der Waals surface area contributed by atoms with Crippen molar-refractivity contribution >= 4 is 15.6 Å². The lowest BCUT2D eigenvalue weighted by molar-refractivity contribution is 0.101. The summed E-state index contributed by atoms with van der Waals surface area (Å²) in [7, 11) is -2.42. The van der Waals surface area contributed by atoms with Crippen molar-refractivity contribution in [2.24, 2.45) is 4.36 Å². The molecule has 1 atom stereocenters. The van der Waals surface area contributed by atoms with Gasteiger partial charge in [0.05, 0.1) is 20.2 Å². The second kappa shape index (κ2) is 1.73. The Morgan fingerprint density at radius 1 is 1.55 bits per heavy atom. The maximum Gasteiger partial charge on any atom is 0.288 e. The second-order valence-corrected chi connectivity index (χ2v) is 4.66. The Hall–Kier alpha value is -1.10. The summed E-state index contributed by atoms with van der Waals surface area (Å²) in [6.45, 7) is 0. The van der Waals surface area contributed by atoms with Gasteiger partial charge in [0.25, 0.3) is 5.91 Å². The molecule has 0 saturated heterocycles. The lowest BCUT2D eigenvalue weighted by Crippen LogP contribution is -1.90. The summed E-state index contributed by atoms with van der Waals surface area (Å²) in [5, 5.41) is 0. The molecule has 1 N–H and O–H groups in total. The predicted molar refractivity (Wildman–Crippen MR) is 39.9 cm³/mol. The molecule has 1 aromatic rings. The van der Waals surface area contributed by atoms with E-state index in [-0.39, 0.29) is 5.91 Å². The summed E-state index contributed by atoms with van der Waals surface area (Å²) in [4.78, 5) is 14.2. The maximum atomic E-state index is 11.5. The van der Waals surface area contributed by atoms with E-state index < -0.39 is 9.73 Å². The molecule has 1 aromatic heterocycles. The minimum Gasteiger partial charge on any atom is -0.366 e. The molecule has 1 unspecified atom stereocenters. The number of amides is 1. The van der Waals surface area contributed by atoms with E-state index in [0.29, 0.717) is 10.5 Å². The lowest BCUT2D eigenvalue weighted by atomic mass is 10.3. The van der Waals surface area contributed by atoms with Gasteiger partial charge < -0.3 is 4.98 Å². The fourth-order valence-electron chi connectivity index (χ4n) is 1.09. The first-order chi connectivity index (χ1) is 5.11. The van der Waals surface area contributed by atoms with Crippen molar-refractivity contribution in [3.05, 3.63) is 18.0 Å². The van der Waals surface area contributed by atoms with Gasteiger partial charge in [-0.1, -0.05) is 0 Å². The van der Waals surface area contributed by atoms with Crippen molar-refractivity contribution < 1.29 is 9.00 Å². The van der Waals surface area contributed by atoms with Gasteiger partial charge in [0.15, 0.2) is 0 Å². The average Bonchev–Trinajstić information content (AvgIpc) is 2.37. The van der Waals surface area contributed by atoms with Crippen LogP contribution >= 0.6 is 0 Å². The van der Waals surface area contributed by atoms with E-state index in [9.17, 15) is 9.00 Å². The van der Waals surface area contributed by atoms with Crippen LogP contribution in [-0.4, -0.2) is 21.4 Å². The molecule has 0 saturated carbocycles. The van der Waals surface area contributed by atoms with Crippen molar-refractivity contribution in [3.8, 4) is 0 Å². The van der Waals surface area contributed by atoms with Crippen molar-refractivity contribution in [2.45, 2.75) is 4.90 Å². The third-order valence-corrected chi connectivity index (χ3v) is 3.27. The van der Waals surface area contributed by atoms with Crippen LogP contribution in [0.15, 0.2) is 21.7 Å². The molecule has 4 nitrogen and oxygen atoms in total. The van der Waals surface area contributed by atoms with Crippen LogP contribution in [0.4, 0.5) is 0 Å². The Balaban J connectivity index is 2.89. The van der Waals surface area contributed by atoms with Crippen LogP contribution in [0, 0.1) is 0 Å². The molecular formula is C6H6N2O2S. The van der Waals surface area contributed by atoms with Crippen molar-refractivity contribution in [3.63, 3.8) is 0 Å². The molecule has 2 heterocycles. The summed E-state index contributed by atoms with van der Waals surface area (Å²) in [5.41, 5.74) is 0.442. The quantitative estimate of drug-likeness (QED) is 0.620. The van der Waals surface area contributed by atoms with E-state index in [2.05, 4.69) is 9.35 Å². The molecule has 5 heteroatoms. The second-order valence-electron chi connectivity index (χ2n) is 2.43. The van der Waals surface area contributed by atoms with Crippen LogP contribution < -0.4 is 0 Å². The number of rotatable bonds is 0. The maximum absolute atomic E-state index is 11.5. The molecular weight excluding hydrogens is 164 g/mol. The van der Waals surface area contributed by atoms with Crippen LogP contribution in [0.1, 0.15) is 10.4 Å². The summed E-state index contributed by atoms with van der Waals surface area (Å²) < 4.78 is 15.0. The molecule has 0 fully saturated rings. The van der Waals surface area contributed by atoms with E-state index in [1.807, 2.05) is 0 Å². The van der Waals surface area contributed by atoms with E-state index in [1.165, 1.54) is 12.5 Å². The SMILES string of the molecule is CS1(=O)=NC(=O)c2c[nH]cc21. The van der Waals surface area contributed by atoms with Gasteiger partial charge in [0.2, 0.25) is 0 Å². The number of hydrogen-bond acceptors (Lipinski definition) is 2. The first-order valence-electron chi connectivity index (χ1n) is 3.04. The fraction of sp³-hybridized carbons (Fsp3) is 0.167. The number of H-pyrrole nitrogens is 1. The monoisotopic (exact) mass is 170 g/mol.